The van der Waals surface area contributed by atoms with Crippen molar-refractivity contribution in [2.75, 3.05) is 6.54 Å². The van der Waals surface area contributed by atoms with Gasteiger partial charge in [0.2, 0.25) is 0 Å². The van der Waals surface area contributed by atoms with Crippen molar-refractivity contribution in [3.63, 3.8) is 0 Å². The van der Waals surface area contributed by atoms with Gasteiger partial charge in [-0.2, -0.15) is 0 Å². The highest BCUT2D eigenvalue weighted by Gasteiger charge is 2.45. The van der Waals surface area contributed by atoms with Crippen LogP contribution in [0.15, 0.2) is 0 Å². The minimum absolute atomic E-state index is 0.443. The largest absolute Gasteiger partial charge is 0.312 e. The molecule has 1 saturated heterocycles. The van der Waals surface area contributed by atoms with Gasteiger partial charge in [-0.3, -0.25) is 4.90 Å². The van der Waals surface area contributed by atoms with Crippen LogP contribution >= 0.6 is 0 Å². The highest BCUT2D eigenvalue weighted by atomic mass is 15.3. The first-order valence-electron chi connectivity index (χ1n) is 9.02. The van der Waals surface area contributed by atoms with Crippen LogP contribution in [-0.4, -0.2) is 35.6 Å². The molecule has 0 aromatic rings. The number of hydrogen-bond acceptors (Lipinski definition) is 2. The molecule has 0 spiro atoms. The lowest BCUT2D eigenvalue weighted by atomic mass is 9.70. The molecule has 118 valence electrons. The highest BCUT2D eigenvalue weighted by Crippen LogP contribution is 2.41. The molecule has 2 nitrogen and oxygen atoms in total. The van der Waals surface area contributed by atoms with E-state index in [9.17, 15) is 0 Å². The first-order valence-corrected chi connectivity index (χ1v) is 9.02. The summed E-state index contributed by atoms with van der Waals surface area (Å²) < 4.78 is 0. The molecule has 4 unspecified atom stereocenters. The van der Waals surface area contributed by atoms with Gasteiger partial charge in [0.25, 0.3) is 0 Å². The fraction of sp³-hybridized carbons (Fsp3) is 1.00. The molecule has 2 aliphatic rings. The predicted molar refractivity (Wildman–Crippen MR) is 88.1 cm³/mol. The molecule has 0 aromatic heterocycles. The van der Waals surface area contributed by atoms with Crippen molar-refractivity contribution in [3.8, 4) is 0 Å². The summed E-state index contributed by atoms with van der Waals surface area (Å²) in [6.07, 6.45) is 9.55. The molecular weight excluding hydrogens is 244 g/mol. The summed E-state index contributed by atoms with van der Waals surface area (Å²) in [4.78, 5) is 2.90. The third-order valence-corrected chi connectivity index (χ3v) is 5.86. The maximum Gasteiger partial charge on any atom is 0.0274 e. The van der Waals surface area contributed by atoms with E-state index in [-0.39, 0.29) is 0 Å². The van der Waals surface area contributed by atoms with Crippen molar-refractivity contribution < 1.29 is 0 Å². The average Bonchev–Trinajstić information content (AvgIpc) is 2.77. The molecule has 1 aliphatic carbocycles. The Balaban J connectivity index is 2.17. The summed E-state index contributed by atoms with van der Waals surface area (Å²) >= 11 is 0. The number of likely N-dealkylation sites (tertiary alicyclic amines) is 1. The van der Waals surface area contributed by atoms with Gasteiger partial charge in [-0.25, -0.2) is 0 Å². The van der Waals surface area contributed by atoms with E-state index in [4.69, 9.17) is 0 Å². The van der Waals surface area contributed by atoms with E-state index in [1.54, 1.807) is 0 Å². The van der Waals surface area contributed by atoms with E-state index in [2.05, 4.69) is 44.8 Å². The molecule has 2 fully saturated rings. The van der Waals surface area contributed by atoms with Gasteiger partial charge in [0.15, 0.2) is 0 Å². The summed E-state index contributed by atoms with van der Waals surface area (Å²) in [6, 6.07) is 3.04. The molecule has 4 atom stereocenters. The second-order valence-corrected chi connectivity index (χ2v) is 7.82. The topological polar surface area (TPSA) is 15.3 Å². The summed E-state index contributed by atoms with van der Waals surface area (Å²) in [7, 11) is 0. The normalized spacial score (nSPS) is 38.2. The molecule has 0 aromatic carbocycles. The van der Waals surface area contributed by atoms with E-state index < -0.39 is 0 Å². The molecule has 20 heavy (non-hydrogen) atoms. The Morgan fingerprint density at radius 2 is 1.90 bits per heavy atom. The van der Waals surface area contributed by atoms with Crippen LogP contribution in [-0.2, 0) is 0 Å². The molecule has 0 bridgehead atoms. The highest BCUT2D eigenvalue weighted by molar-refractivity contribution is 5.02. The Bertz CT molecular complexity index is 300. The van der Waals surface area contributed by atoms with Crippen molar-refractivity contribution in [1.29, 1.82) is 0 Å². The molecule has 1 N–H and O–H groups in total. The maximum atomic E-state index is 3.91. The van der Waals surface area contributed by atoms with E-state index in [1.165, 1.54) is 51.5 Å². The zero-order chi connectivity index (χ0) is 14.8. The number of nitrogens with one attached hydrogen (secondary N) is 1. The van der Waals surface area contributed by atoms with Gasteiger partial charge in [-0.1, -0.05) is 34.1 Å². The van der Waals surface area contributed by atoms with Crippen LogP contribution in [0.25, 0.3) is 0 Å². The lowest BCUT2D eigenvalue weighted by Gasteiger charge is -2.50. The van der Waals surface area contributed by atoms with Gasteiger partial charge in [0.05, 0.1) is 0 Å². The Morgan fingerprint density at radius 1 is 1.15 bits per heavy atom. The van der Waals surface area contributed by atoms with Crippen LogP contribution in [0.3, 0.4) is 0 Å². The van der Waals surface area contributed by atoms with Crippen LogP contribution in [0.1, 0.15) is 79.6 Å². The monoisotopic (exact) mass is 280 g/mol. The standard InChI is InChI=1S/C18H36N2/c1-6-13-19-17-16(9-8-12-18(17,4)5)20-14(3)10-11-15(20)7-2/h14-17,19H,6-13H2,1-5H3. The fourth-order valence-electron chi connectivity index (χ4n) is 4.75. The molecule has 1 aliphatic heterocycles. The number of hydrogen-bond donors (Lipinski definition) is 1. The lowest BCUT2D eigenvalue weighted by Crippen LogP contribution is -2.61. The SMILES string of the molecule is CCCNC1C(N2C(C)CCC2CC)CCCC1(C)C. The predicted octanol–water partition coefficient (Wildman–Crippen LogP) is 4.20. The quantitative estimate of drug-likeness (QED) is 0.812. The summed E-state index contributed by atoms with van der Waals surface area (Å²) in [6.45, 7) is 13.2. The maximum absolute atomic E-state index is 3.91. The zero-order valence-electron chi connectivity index (χ0n) is 14.4. The first kappa shape index (κ1) is 16.3. The van der Waals surface area contributed by atoms with Gasteiger partial charge in [-0.15, -0.1) is 0 Å². The fourth-order valence-corrected chi connectivity index (χ4v) is 4.75. The van der Waals surface area contributed by atoms with Gasteiger partial charge in [0.1, 0.15) is 0 Å². The first-order chi connectivity index (χ1) is 9.51. The average molecular weight is 280 g/mol. The smallest absolute Gasteiger partial charge is 0.0274 e. The minimum Gasteiger partial charge on any atom is -0.312 e. The molecule has 2 heteroatoms. The summed E-state index contributed by atoms with van der Waals surface area (Å²) in [5, 5.41) is 3.91. The van der Waals surface area contributed by atoms with Crippen LogP contribution in [0.4, 0.5) is 0 Å². The third kappa shape index (κ3) is 3.22. The van der Waals surface area contributed by atoms with Gasteiger partial charge in [-0.05, 0) is 57.4 Å². The van der Waals surface area contributed by atoms with Crippen LogP contribution in [0.2, 0.25) is 0 Å². The van der Waals surface area contributed by atoms with E-state index in [0.717, 1.165) is 18.1 Å². The third-order valence-electron chi connectivity index (χ3n) is 5.86. The number of nitrogens with zero attached hydrogens (tertiary/aromatic N) is 1. The van der Waals surface area contributed by atoms with Crippen molar-refractivity contribution >= 4 is 0 Å². The van der Waals surface area contributed by atoms with Crippen molar-refractivity contribution in [1.82, 2.24) is 10.2 Å². The Kier molecular flexibility index (Phi) is 5.53. The van der Waals surface area contributed by atoms with E-state index in [0.29, 0.717) is 11.5 Å². The lowest BCUT2D eigenvalue weighted by molar-refractivity contribution is 0.0217. The molecule has 0 amide bonds. The second-order valence-electron chi connectivity index (χ2n) is 7.82. The Morgan fingerprint density at radius 3 is 2.55 bits per heavy atom. The molecule has 1 saturated carbocycles. The van der Waals surface area contributed by atoms with Crippen molar-refractivity contribution in [2.24, 2.45) is 5.41 Å². The van der Waals surface area contributed by atoms with Crippen LogP contribution in [0.5, 0.6) is 0 Å². The van der Waals surface area contributed by atoms with Gasteiger partial charge < -0.3 is 5.32 Å². The van der Waals surface area contributed by atoms with E-state index >= 15 is 0 Å². The summed E-state index contributed by atoms with van der Waals surface area (Å²) in [5.74, 6) is 0. The Hall–Kier alpha value is -0.0800. The minimum atomic E-state index is 0.443. The second kappa shape index (κ2) is 6.79. The van der Waals surface area contributed by atoms with Crippen LogP contribution in [0, 0.1) is 5.41 Å². The van der Waals surface area contributed by atoms with E-state index in [1.807, 2.05) is 0 Å². The Labute approximate surface area is 126 Å². The molecule has 0 radical (unpaired) electrons. The molecule has 1 heterocycles. The van der Waals surface area contributed by atoms with Crippen molar-refractivity contribution in [2.45, 2.75) is 104 Å². The van der Waals surface area contributed by atoms with Gasteiger partial charge in [0, 0.05) is 24.2 Å². The molecular formula is C18H36N2. The van der Waals surface area contributed by atoms with Gasteiger partial charge >= 0.3 is 0 Å². The van der Waals surface area contributed by atoms with Crippen molar-refractivity contribution in [3.05, 3.63) is 0 Å². The summed E-state index contributed by atoms with van der Waals surface area (Å²) in [5.41, 5.74) is 0.443. The molecule has 2 rings (SSSR count). The number of rotatable bonds is 5. The van der Waals surface area contributed by atoms with Crippen LogP contribution < -0.4 is 5.32 Å². The zero-order valence-corrected chi connectivity index (χ0v) is 14.4.